The summed E-state index contributed by atoms with van der Waals surface area (Å²) in [5, 5.41) is 9.74. The van der Waals surface area contributed by atoms with Crippen molar-refractivity contribution in [3.8, 4) is 6.07 Å². The van der Waals surface area contributed by atoms with E-state index in [9.17, 15) is 14.4 Å². The normalized spacial score (nSPS) is 18.4. The van der Waals surface area contributed by atoms with Gasteiger partial charge in [-0.3, -0.25) is 4.79 Å². The van der Waals surface area contributed by atoms with E-state index >= 15 is 0 Å². The summed E-state index contributed by atoms with van der Waals surface area (Å²) in [4.78, 5) is 13.1. The molecule has 1 atom stereocenters. The van der Waals surface area contributed by atoms with E-state index in [1.54, 1.807) is 12.1 Å². The molecule has 0 amide bonds. The number of ketones is 1. The van der Waals surface area contributed by atoms with Crippen LogP contribution in [0.3, 0.4) is 0 Å². The quantitative estimate of drug-likeness (QED) is 0.757. The number of Topliss-reactive ketones (excluding diaryl/α,β-unsaturated/α-hetero) is 1. The van der Waals surface area contributed by atoms with Crippen molar-refractivity contribution in [3.05, 3.63) is 106 Å². The molecule has 0 radical (unpaired) electrons. The molecule has 1 unspecified atom stereocenters. The van der Waals surface area contributed by atoms with Gasteiger partial charge in [-0.25, -0.2) is 4.39 Å². The average molecular weight is 398 g/mol. The minimum Gasteiger partial charge on any atom is -0.439 e. The lowest BCUT2D eigenvalue weighted by Crippen LogP contribution is -2.28. The van der Waals surface area contributed by atoms with E-state index in [1.165, 1.54) is 12.1 Å². The van der Waals surface area contributed by atoms with Gasteiger partial charge in [0.25, 0.3) is 0 Å². The van der Waals surface area contributed by atoms with E-state index in [4.69, 9.17) is 10.5 Å². The van der Waals surface area contributed by atoms with Crippen LogP contribution >= 0.6 is 0 Å². The first kappa shape index (κ1) is 19.4. The Bertz CT molecular complexity index is 1210. The second kappa shape index (κ2) is 7.49. The average Bonchev–Trinajstić information content (AvgIpc) is 2.75. The molecular weight excluding hydrogens is 379 g/mol. The number of halogens is 1. The zero-order chi connectivity index (χ0) is 21.4. The lowest BCUT2D eigenvalue weighted by atomic mass is 9.76. The highest BCUT2D eigenvalue weighted by atomic mass is 19.1. The number of allylic oxidation sites excluding steroid dienone is 5. The number of nitrogens with two attached hydrogens (primary N) is 1. The maximum absolute atomic E-state index is 13.9. The van der Waals surface area contributed by atoms with Gasteiger partial charge in [-0.1, -0.05) is 49.1 Å². The van der Waals surface area contributed by atoms with E-state index in [-0.39, 0.29) is 29.4 Å². The molecule has 1 heterocycles. The first-order valence-corrected chi connectivity index (χ1v) is 9.51. The summed E-state index contributed by atoms with van der Waals surface area (Å²) in [5.74, 6) is -1.12. The van der Waals surface area contributed by atoms with Crippen molar-refractivity contribution in [1.82, 2.24) is 0 Å². The third-order valence-corrected chi connectivity index (χ3v) is 5.50. The fourth-order valence-electron chi connectivity index (χ4n) is 4.03. The van der Waals surface area contributed by atoms with Crippen LogP contribution in [0.2, 0.25) is 0 Å². The topological polar surface area (TPSA) is 76.1 Å². The van der Waals surface area contributed by atoms with Gasteiger partial charge in [0.2, 0.25) is 5.88 Å². The number of nitriles is 1. The Kier molecular flexibility index (Phi) is 4.85. The van der Waals surface area contributed by atoms with E-state index in [1.807, 2.05) is 37.3 Å². The molecule has 0 saturated carbocycles. The molecule has 1 aliphatic heterocycles. The summed E-state index contributed by atoms with van der Waals surface area (Å²) in [6.07, 6.45) is 3.83. The molecule has 1 aliphatic carbocycles. The summed E-state index contributed by atoms with van der Waals surface area (Å²) in [6.45, 7) is 5.74. The molecule has 4 nitrogen and oxygen atoms in total. The maximum Gasteiger partial charge on any atom is 0.205 e. The second-order valence-electron chi connectivity index (χ2n) is 7.14. The minimum absolute atomic E-state index is 0.0736. The van der Waals surface area contributed by atoms with Crippen LogP contribution in [0.4, 0.5) is 4.39 Å². The van der Waals surface area contributed by atoms with Crippen LogP contribution in [0.1, 0.15) is 35.1 Å². The Hall–Kier alpha value is -3.91. The molecular formula is C25H19FN2O2. The number of nitrogens with zero attached hydrogens (tertiary/aromatic N) is 1. The zero-order valence-corrected chi connectivity index (χ0v) is 16.4. The zero-order valence-electron chi connectivity index (χ0n) is 16.4. The van der Waals surface area contributed by atoms with Crippen LogP contribution in [0.5, 0.6) is 0 Å². The number of ether oxygens (including phenoxy) is 1. The van der Waals surface area contributed by atoms with Crippen LogP contribution in [-0.2, 0) is 16.0 Å². The van der Waals surface area contributed by atoms with E-state index < -0.39 is 11.7 Å². The third-order valence-electron chi connectivity index (χ3n) is 5.50. The van der Waals surface area contributed by atoms with Gasteiger partial charge in [0.05, 0.1) is 11.5 Å². The third kappa shape index (κ3) is 3.03. The second-order valence-corrected chi connectivity index (χ2v) is 7.14. The smallest absolute Gasteiger partial charge is 0.205 e. The van der Waals surface area contributed by atoms with Gasteiger partial charge < -0.3 is 10.5 Å². The Morgan fingerprint density at radius 3 is 2.67 bits per heavy atom. The highest BCUT2D eigenvalue weighted by molar-refractivity contribution is 6.08. The molecule has 148 valence electrons. The molecule has 0 saturated heterocycles. The van der Waals surface area contributed by atoms with Crippen molar-refractivity contribution >= 4 is 17.1 Å². The molecule has 4 rings (SSSR count). The number of rotatable bonds is 3. The predicted molar refractivity (Wildman–Crippen MR) is 113 cm³/mol. The lowest BCUT2D eigenvalue weighted by molar-refractivity contribution is -0.115. The molecule has 2 aliphatic rings. The highest BCUT2D eigenvalue weighted by Gasteiger charge is 2.40. The first-order valence-electron chi connectivity index (χ1n) is 9.51. The standard InChI is InChI=1S/C25H19FN2O2/c1-3-14(4-2)15-5-7-16(8-6-15)22-20(13-27)25(28)30-24-19-12-18(26)10-9-17(19)11-21(29)23(22)24/h3-10,12,22H,1,11,28H2,2H3/b14-4+. The fourth-order valence-corrected chi connectivity index (χ4v) is 4.03. The molecule has 5 heteroatoms. The Labute approximate surface area is 174 Å². The molecule has 2 N–H and O–H groups in total. The van der Waals surface area contributed by atoms with Crippen LogP contribution < -0.4 is 5.73 Å². The maximum atomic E-state index is 13.9. The van der Waals surface area contributed by atoms with E-state index in [0.717, 1.165) is 16.7 Å². The number of carbonyl (C=O) groups excluding carboxylic acids is 1. The summed E-state index contributed by atoms with van der Waals surface area (Å²) in [5.41, 5.74) is 10.4. The summed E-state index contributed by atoms with van der Waals surface area (Å²) < 4.78 is 19.6. The SMILES string of the molecule is C=C/C(=C\C)c1ccc(C2C(C#N)=C(N)OC3=C2C(=O)Cc2ccc(F)cc23)cc1. The van der Waals surface area contributed by atoms with Gasteiger partial charge in [0.15, 0.2) is 5.78 Å². The summed E-state index contributed by atoms with van der Waals surface area (Å²) in [7, 11) is 0. The molecule has 2 aromatic rings. The number of hydrogen-bond acceptors (Lipinski definition) is 4. The summed E-state index contributed by atoms with van der Waals surface area (Å²) in [6, 6.07) is 13.9. The van der Waals surface area contributed by atoms with Crippen LogP contribution in [0, 0.1) is 17.1 Å². The largest absolute Gasteiger partial charge is 0.439 e. The van der Waals surface area contributed by atoms with Gasteiger partial charge in [0.1, 0.15) is 23.2 Å². The molecule has 30 heavy (non-hydrogen) atoms. The first-order chi connectivity index (χ1) is 14.5. The number of hydrogen-bond donors (Lipinski definition) is 1. The van der Waals surface area contributed by atoms with Crippen molar-refractivity contribution in [1.29, 1.82) is 5.26 Å². The van der Waals surface area contributed by atoms with Gasteiger partial charge in [-0.05, 0) is 41.3 Å². The molecule has 0 spiro atoms. The molecule has 0 aromatic heterocycles. The Morgan fingerprint density at radius 2 is 2.03 bits per heavy atom. The van der Waals surface area contributed by atoms with Crippen LogP contribution in [-0.4, -0.2) is 5.78 Å². The van der Waals surface area contributed by atoms with Crippen LogP contribution in [0.15, 0.2) is 78.2 Å². The van der Waals surface area contributed by atoms with Gasteiger partial charge in [-0.15, -0.1) is 0 Å². The Balaban J connectivity index is 1.90. The molecule has 2 aromatic carbocycles. The van der Waals surface area contributed by atoms with E-state index in [0.29, 0.717) is 16.7 Å². The Morgan fingerprint density at radius 1 is 1.30 bits per heavy atom. The predicted octanol–water partition coefficient (Wildman–Crippen LogP) is 4.76. The fraction of sp³-hybridized carbons (Fsp3) is 0.120. The molecule has 0 bridgehead atoms. The molecule has 0 fully saturated rings. The highest BCUT2D eigenvalue weighted by Crippen LogP contribution is 2.46. The summed E-state index contributed by atoms with van der Waals surface area (Å²) >= 11 is 0. The van der Waals surface area contributed by atoms with Crippen molar-refractivity contribution in [2.45, 2.75) is 19.3 Å². The number of carbonyl (C=O) groups is 1. The number of benzene rings is 2. The van der Waals surface area contributed by atoms with Crippen molar-refractivity contribution in [3.63, 3.8) is 0 Å². The van der Waals surface area contributed by atoms with E-state index in [2.05, 4.69) is 12.6 Å². The van der Waals surface area contributed by atoms with Gasteiger partial charge in [-0.2, -0.15) is 5.26 Å². The van der Waals surface area contributed by atoms with Gasteiger partial charge >= 0.3 is 0 Å². The van der Waals surface area contributed by atoms with Crippen molar-refractivity contribution in [2.75, 3.05) is 0 Å². The minimum atomic E-state index is -0.672. The monoisotopic (exact) mass is 398 g/mol. The van der Waals surface area contributed by atoms with Gasteiger partial charge in [0, 0.05) is 12.0 Å². The van der Waals surface area contributed by atoms with Crippen molar-refractivity contribution < 1.29 is 13.9 Å². The van der Waals surface area contributed by atoms with Crippen molar-refractivity contribution in [2.24, 2.45) is 5.73 Å². The van der Waals surface area contributed by atoms with Crippen LogP contribution in [0.25, 0.3) is 11.3 Å². The number of fused-ring (bicyclic) bond motifs is 2. The lowest BCUT2D eigenvalue weighted by Gasteiger charge is -2.32.